The third-order valence-electron chi connectivity index (χ3n) is 2.69. The summed E-state index contributed by atoms with van der Waals surface area (Å²) in [5, 5.41) is 0.746. The Kier molecular flexibility index (Phi) is 6.28. The summed E-state index contributed by atoms with van der Waals surface area (Å²) in [6, 6.07) is 7.41. The number of thioether (sulfide) groups is 1. The SMILES string of the molecule is CC(=O)C[C@@H](CC(=O)SC(C)(C)C)c1cccc(Cl)c1. The van der Waals surface area contributed by atoms with Gasteiger partial charge in [0.2, 0.25) is 0 Å². The van der Waals surface area contributed by atoms with Crippen LogP contribution >= 0.6 is 23.4 Å². The van der Waals surface area contributed by atoms with E-state index in [4.69, 9.17) is 11.6 Å². The molecule has 0 bridgehead atoms. The zero-order valence-corrected chi connectivity index (χ0v) is 14.0. The van der Waals surface area contributed by atoms with Crippen LogP contribution < -0.4 is 0 Å². The summed E-state index contributed by atoms with van der Waals surface area (Å²) in [5.74, 6) is -0.00270. The Morgan fingerprint density at radius 1 is 1.25 bits per heavy atom. The first-order valence-corrected chi connectivity index (χ1v) is 7.83. The summed E-state index contributed by atoms with van der Waals surface area (Å²) in [4.78, 5) is 23.6. The maximum atomic E-state index is 12.1. The highest BCUT2D eigenvalue weighted by molar-refractivity contribution is 8.14. The van der Waals surface area contributed by atoms with Gasteiger partial charge >= 0.3 is 0 Å². The lowest BCUT2D eigenvalue weighted by Gasteiger charge is -2.20. The molecule has 1 aromatic carbocycles. The molecule has 4 heteroatoms. The second-order valence-corrected chi connectivity index (χ2v) is 8.27. The molecule has 20 heavy (non-hydrogen) atoms. The lowest BCUT2D eigenvalue weighted by molar-refractivity contribution is -0.117. The Balaban J connectivity index is 2.85. The first kappa shape index (κ1) is 17.3. The van der Waals surface area contributed by atoms with Crippen LogP contribution in [-0.2, 0) is 9.59 Å². The van der Waals surface area contributed by atoms with E-state index in [1.54, 1.807) is 13.0 Å². The second-order valence-electron chi connectivity index (χ2n) is 5.95. The van der Waals surface area contributed by atoms with E-state index in [-0.39, 0.29) is 21.6 Å². The van der Waals surface area contributed by atoms with Crippen LogP contribution in [0.1, 0.15) is 52.0 Å². The van der Waals surface area contributed by atoms with E-state index in [0.29, 0.717) is 17.9 Å². The van der Waals surface area contributed by atoms with Crippen LogP contribution in [0.5, 0.6) is 0 Å². The molecule has 0 spiro atoms. The predicted molar refractivity (Wildman–Crippen MR) is 86.5 cm³/mol. The number of hydrogen-bond acceptors (Lipinski definition) is 3. The molecule has 0 radical (unpaired) electrons. The number of carbonyl (C=O) groups excluding carboxylic acids is 2. The zero-order chi connectivity index (χ0) is 15.3. The van der Waals surface area contributed by atoms with E-state index in [9.17, 15) is 9.59 Å². The van der Waals surface area contributed by atoms with Crippen LogP contribution in [0.15, 0.2) is 24.3 Å². The molecule has 0 aliphatic rings. The van der Waals surface area contributed by atoms with Crippen molar-refractivity contribution in [3.8, 4) is 0 Å². The van der Waals surface area contributed by atoms with Gasteiger partial charge in [-0.2, -0.15) is 0 Å². The van der Waals surface area contributed by atoms with Crippen molar-refractivity contribution >= 4 is 34.3 Å². The fourth-order valence-corrected chi connectivity index (χ4v) is 3.17. The minimum Gasteiger partial charge on any atom is -0.300 e. The maximum absolute atomic E-state index is 12.1. The summed E-state index contributed by atoms with van der Waals surface area (Å²) in [5.41, 5.74) is 0.954. The molecule has 1 rings (SSSR count). The van der Waals surface area contributed by atoms with Gasteiger partial charge < -0.3 is 4.79 Å². The third kappa shape index (κ3) is 6.58. The number of carbonyl (C=O) groups is 2. The Hall–Kier alpha value is -0.800. The molecule has 0 heterocycles. The Morgan fingerprint density at radius 3 is 2.40 bits per heavy atom. The molecule has 1 aromatic rings. The molecule has 0 aliphatic carbocycles. The van der Waals surface area contributed by atoms with Gasteiger partial charge in [0, 0.05) is 22.6 Å². The first-order valence-electron chi connectivity index (χ1n) is 6.64. The molecule has 1 atom stereocenters. The van der Waals surface area contributed by atoms with Crippen molar-refractivity contribution in [3.05, 3.63) is 34.9 Å². The van der Waals surface area contributed by atoms with Crippen molar-refractivity contribution in [2.24, 2.45) is 0 Å². The standard InChI is InChI=1S/C16H21ClO2S/c1-11(18)8-13(10-15(19)20-16(2,3)4)12-6-5-7-14(17)9-12/h5-7,9,13H,8,10H2,1-4H3/t13-/m0/s1. The van der Waals surface area contributed by atoms with Gasteiger partial charge in [-0.05, 0) is 30.5 Å². The minimum absolute atomic E-state index is 0.0866. The van der Waals surface area contributed by atoms with Gasteiger partial charge in [-0.1, -0.05) is 56.3 Å². The first-order chi connectivity index (χ1) is 9.17. The van der Waals surface area contributed by atoms with Crippen LogP contribution in [0, 0.1) is 0 Å². The van der Waals surface area contributed by atoms with Crippen LogP contribution in [-0.4, -0.2) is 15.6 Å². The minimum atomic E-state index is -0.105. The van der Waals surface area contributed by atoms with E-state index in [1.807, 2.05) is 39.0 Å². The van der Waals surface area contributed by atoms with Crippen molar-refractivity contribution in [2.45, 2.75) is 51.2 Å². The zero-order valence-electron chi connectivity index (χ0n) is 12.4. The average Bonchev–Trinajstić information content (AvgIpc) is 2.24. The van der Waals surface area contributed by atoms with Crippen LogP contribution in [0.4, 0.5) is 0 Å². The summed E-state index contributed by atoms with van der Waals surface area (Å²) in [7, 11) is 0. The molecule has 0 aromatic heterocycles. The monoisotopic (exact) mass is 312 g/mol. The number of rotatable bonds is 5. The molecular weight excluding hydrogens is 292 g/mol. The molecule has 0 fully saturated rings. The Labute approximate surface area is 130 Å². The van der Waals surface area contributed by atoms with E-state index in [2.05, 4.69) is 0 Å². The van der Waals surface area contributed by atoms with Crippen molar-refractivity contribution in [1.82, 2.24) is 0 Å². The van der Waals surface area contributed by atoms with E-state index < -0.39 is 0 Å². The molecule has 0 N–H and O–H groups in total. The van der Waals surface area contributed by atoms with Gasteiger partial charge in [-0.15, -0.1) is 0 Å². The number of benzene rings is 1. The summed E-state index contributed by atoms with van der Waals surface area (Å²) in [6.45, 7) is 7.58. The summed E-state index contributed by atoms with van der Waals surface area (Å²) in [6.07, 6.45) is 0.735. The molecule has 0 amide bonds. The van der Waals surface area contributed by atoms with Crippen LogP contribution in [0.2, 0.25) is 5.02 Å². The average molecular weight is 313 g/mol. The second kappa shape index (κ2) is 7.28. The molecule has 0 unspecified atom stereocenters. The van der Waals surface area contributed by atoms with Gasteiger partial charge in [0.1, 0.15) is 5.78 Å². The van der Waals surface area contributed by atoms with E-state index >= 15 is 0 Å². The lowest BCUT2D eigenvalue weighted by Crippen LogP contribution is -2.15. The van der Waals surface area contributed by atoms with E-state index in [0.717, 1.165) is 5.56 Å². The number of halogens is 1. The summed E-state index contributed by atoms with van der Waals surface area (Å²) < 4.78 is -0.105. The van der Waals surface area contributed by atoms with Crippen molar-refractivity contribution < 1.29 is 9.59 Å². The normalized spacial score (nSPS) is 13.1. The lowest BCUT2D eigenvalue weighted by atomic mass is 9.91. The highest BCUT2D eigenvalue weighted by atomic mass is 35.5. The van der Waals surface area contributed by atoms with Crippen molar-refractivity contribution in [1.29, 1.82) is 0 Å². The Bertz CT molecular complexity index is 491. The molecule has 110 valence electrons. The molecular formula is C16H21ClO2S. The fraction of sp³-hybridized carbons (Fsp3) is 0.500. The highest BCUT2D eigenvalue weighted by Crippen LogP contribution is 2.32. The third-order valence-corrected chi connectivity index (χ3v) is 3.93. The van der Waals surface area contributed by atoms with Gasteiger partial charge in [-0.3, -0.25) is 4.79 Å². The molecule has 0 saturated heterocycles. The topological polar surface area (TPSA) is 34.1 Å². The summed E-state index contributed by atoms with van der Waals surface area (Å²) >= 11 is 7.32. The van der Waals surface area contributed by atoms with E-state index in [1.165, 1.54) is 11.8 Å². The smallest absolute Gasteiger partial charge is 0.190 e. The van der Waals surface area contributed by atoms with Gasteiger partial charge in [-0.25, -0.2) is 0 Å². The number of ketones is 1. The van der Waals surface area contributed by atoms with Crippen molar-refractivity contribution in [2.75, 3.05) is 0 Å². The van der Waals surface area contributed by atoms with Crippen molar-refractivity contribution in [3.63, 3.8) is 0 Å². The molecule has 0 saturated carbocycles. The highest BCUT2D eigenvalue weighted by Gasteiger charge is 2.22. The quantitative estimate of drug-likeness (QED) is 0.779. The molecule has 2 nitrogen and oxygen atoms in total. The predicted octanol–water partition coefficient (Wildman–Crippen LogP) is 4.85. The Morgan fingerprint density at radius 2 is 1.90 bits per heavy atom. The van der Waals surface area contributed by atoms with Gasteiger partial charge in [0.15, 0.2) is 5.12 Å². The number of Topliss-reactive ketones (excluding diaryl/α,β-unsaturated/α-hetero) is 1. The van der Waals surface area contributed by atoms with Gasteiger partial charge in [0.25, 0.3) is 0 Å². The van der Waals surface area contributed by atoms with Gasteiger partial charge in [0.05, 0.1) is 0 Å². The maximum Gasteiger partial charge on any atom is 0.190 e. The fourth-order valence-electron chi connectivity index (χ4n) is 2.00. The van der Waals surface area contributed by atoms with Crippen LogP contribution in [0.3, 0.4) is 0 Å². The van der Waals surface area contributed by atoms with Crippen LogP contribution in [0.25, 0.3) is 0 Å². The molecule has 0 aliphatic heterocycles. The largest absolute Gasteiger partial charge is 0.300 e. The number of hydrogen-bond donors (Lipinski definition) is 0.